The SMILES string of the molecule is CC/C(=C\C1SCCS1)C(=O)O. The van der Waals surface area contributed by atoms with Crippen molar-refractivity contribution in [1.29, 1.82) is 0 Å². The minimum absolute atomic E-state index is 0.371. The third kappa shape index (κ3) is 2.75. The lowest BCUT2D eigenvalue weighted by Gasteiger charge is -2.02. The van der Waals surface area contributed by atoms with Gasteiger partial charge in [-0.3, -0.25) is 0 Å². The molecule has 0 amide bonds. The molecule has 4 heteroatoms. The summed E-state index contributed by atoms with van der Waals surface area (Å²) >= 11 is 3.65. The average Bonchev–Trinajstić information content (AvgIpc) is 2.51. The fraction of sp³-hybridized carbons (Fsp3) is 0.625. The second-order valence-corrected chi connectivity index (χ2v) is 5.26. The molecule has 1 aliphatic rings. The lowest BCUT2D eigenvalue weighted by Crippen LogP contribution is -2.01. The summed E-state index contributed by atoms with van der Waals surface area (Å²) in [6, 6.07) is 0. The molecule has 0 atom stereocenters. The smallest absolute Gasteiger partial charge is 0.331 e. The maximum atomic E-state index is 10.6. The predicted octanol–water partition coefficient (Wildman–Crippen LogP) is 2.21. The van der Waals surface area contributed by atoms with E-state index in [0.717, 1.165) is 11.5 Å². The Morgan fingerprint density at radius 1 is 1.58 bits per heavy atom. The summed E-state index contributed by atoms with van der Waals surface area (Å²) in [5, 5.41) is 8.75. The summed E-state index contributed by atoms with van der Waals surface area (Å²) < 4.78 is 0.371. The molecule has 1 fully saturated rings. The van der Waals surface area contributed by atoms with Crippen molar-refractivity contribution in [2.24, 2.45) is 0 Å². The van der Waals surface area contributed by atoms with Crippen LogP contribution in [-0.2, 0) is 4.79 Å². The van der Waals surface area contributed by atoms with Crippen LogP contribution in [0.4, 0.5) is 0 Å². The normalized spacial score (nSPS) is 19.9. The second kappa shape index (κ2) is 4.82. The van der Waals surface area contributed by atoms with E-state index in [1.54, 1.807) is 0 Å². The van der Waals surface area contributed by atoms with Gasteiger partial charge in [-0.2, -0.15) is 0 Å². The van der Waals surface area contributed by atoms with Crippen LogP contribution in [0.5, 0.6) is 0 Å². The van der Waals surface area contributed by atoms with Crippen LogP contribution >= 0.6 is 23.5 Å². The van der Waals surface area contributed by atoms with E-state index in [4.69, 9.17) is 5.11 Å². The first kappa shape index (κ1) is 9.99. The molecule has 2 nitrogen and oxygen atoms in total. The fourth-order valence-corrected chi connectivity index (χ4v) is 3.70. The molecule has 0 saturated carbocycles. The van der Waals surface area contributed by atoms with Gasteiger partial charge in [-0.25, -0.2) is 4.79 Å². The molecule has 1 heterocycles. The number of carboxylic acids is 1. The average molecular weight is 204 g/mol. The van der Waals surface area contributed by atoms with E-state index in [1.165, 1.54) is 0 Å². The van der Waals surface area contributed by atoms with Gasteiger partial charge >= 0.3 is 5.97 Å². The summed E-state index contributed by atoms with van der Waals surface area (Å²) in [4.78, 5) is 10.6. The Kier molecular flexibility index (Phi) is 4.01. The van der Waals surface area contributed by atoms with Gasteiger partial charge in [0.25, 0.3) is 0 Å². The molecular weight excluding hydrogens is 192 g/mol. The molecule has 0 radical (unpaired) electrons. The van der Waals surface area contributed by atoms with Crippen LogP contribution in [-0.4, -0.2) is 27.2 Å². The zero-order valence-electron chi connectivity index (χ0n) is 6.95. The van der Waals surface area contributed by atoms with Gasteiger partial charge in [0.05, 0.1) is 4.58 Å². The monoisotopic (exact) mass is 204 g/mol. The first-order valence-electron chi connectivity index (χ1n) is 3.91. The topological polar surface area (TPSA) is 37.3 Å². The van der Waals surface area contributed by atoms with E-state index >= 15 is 0 Å². The molecule has 0 aromatic heterocycles. The number of hydrogen-bond acceptors (Lipinski definition) is 3. The van der Waals surface area contributed by atoms with Crippen LogP contribution in [0.2, 0.25) is 0 Å². The maximum absolute atomic E-state index is 10.6. The molecule has 0 aromatic carbocycles. The zero-order chi connectivity index (χ0) is 8.97. The molecule has 0 aromatic rings. The van der Waals surface area contributed by atoms with Crippen LogP contribution in [0.25, 0.3) is 0 Å². The van der Waals surface area contributed by atoms with E-state index < -0.39 is 5.97 Å². The van der Waals surface area contributed by atoms with Gasteiger partial charge in [0.15, 0.2) is 0 Å². The second-order valence-electron chi connectivity index (χ2n) is 2.46. The van der Waals surface area contributed by atoms with E-state index in [9.17, 15) is 4.79 Å². The van der Waals surface area contributed by atoms with Gasteiger partial charge in [0.1, 0.15) is 0 Å². The standard InChI is InChI=1S/C8H12O2S2/c1-2-6(8(9)10)5-7-11-3-4-12-7/h5,7H,2-4H2,1H3,(H,9,10)/b6-5+. The number of aliphatic carboxylic acids is 1. The minimum atomic E-state index is -0.773. The Morgan fingerprint density at radius 2 is 2.17 bits per heavy atom. The highest BCUT2D eigenvalue weighted by atomic mass is 32.2. The molecule has 0 unspecified atom stereocenters. The Morgan fingerprint density at radius 3 is 2.58 bits per heavy atom. The van der Waals surface area contributed by atoms with Gasteiger partial charge < -0.3 is 5.11 Å². The van der Waals surface area contributed by atoms with Crippen LogP contribution < -0.4 is 0 Å². The molecular formula is C8H12O2S2. The third-order valence-corrected chi connectivity index (χ3v) is 4.52. The van der Waals surface area contributed by atoms with Crippen molar-refractivity contribution >= 4 is 29.5 Å². The van der Waals surface area contributed by atoms with Crippen molar-refractivity contribution in [3.05, 3.63) is 11.6 Å². The Balaban J connectivity index is 2.56. The molecule has 1 rings (SSSR count). The first-order valence-corrected chi connectivity index (χ1v) is 6.01. The predicted molar refractivity (Wildman–Crippen MR) is 54.7 cm³/mol. The minimum Gasteiger partial charge on any atom is -0.478 e. The summed E-state index contributed by atoms with van der Waals surface area (Å²) in [6.07, 6.45) is 2.50. The van der Waals surface area contributed by atoms with Gasteiger partial charge in [0.2, 0.25) is 0 Å². The van der Waals surface area contributed by atoms with Crippen LogP contribution in [0, 0.1) is 0 Å². The molecule has 1 aliphatic heterocycles. The number of carboxylic acid groups (broad SMARTS) is 1. The van der Waals surface area contributed by atoms with Crippen molar-refractivity contribution in [1.82, 2.24) is 0 Å². The summed E-state index contributed by atoms with van der Waals surface area (Å²) in [5.41, 5.74) is 0.543. The maximum Gasteiger partial charge on any atom is 0.331 e. The van der Waals surface area contributed by atoms with Crippen LogP contribution in [0.3, 0.4) is 0 Å². The van der Waals surface area contributed by atoms with Gasteiger partial charge in [-0.05, 0) is 6.42 Å². The van der Waals surface area contributed by atoms with Gasteiger partial charge in [-0.1, -0.05) is 13.0 Å². The lowest BCUT2D eigenvalue weighted by atomic mass is 10.2. The van der Waals surface area contributed by atoms with Crippen molar-refractivity contribution in [2.75, 3.05) is 11.5 Å². The van der Waals surface area contributed by atoms with Crippen molar-refractivity contribution in [3.8, 4) is 0 Å². The highest BCUT2D eigenvalue weighted by Crippen LogP contribution is 2.33. The van der Waals surface area contributed by atoms with Crippen molar-refractivity contribution in [3.63, 3.8) is 0 Å². The molecule has 1 saturated heterocycles. The molecule has 1 N–H and O–H groups in total. The highest BCUT2D eigenvalue weighted by molar-refractivity contribution is 8.20. The number of carbonyl (C=O) groups is 1. The quantitative estimate of drug-likeness (QED) is 0.715. The third-order valence-electron chi connectivity index (χ3n) is 1.64. The van der Waals surface area contributed by atoms with E-state index in [1.807, 2.05) is 36.5 Å². The van der Waals surface area contributed by atoms with Gasteiger partial charge in [-0.15, -0.1) is 23.5 Å². The first-order chi connectivity index (χ1) is 5.74. The number of thioether (sulfide) groups is 2. The Labute approximate surface area is 80.8 Å². The zero-order valence-corrected chi connectivity index (χ0v) is 8.58. The molecule has 12 heavy (non-hydrogen) atoms. The Hall–Kier alpha value is -0.0900. The Bertz CT molecular complexity index is 195. The summed E-state index contributed by atoms with van der Waals surface area (Å²) in [5.74, 6) is 1.51. The molecule has 68 valence electrons. The largest absolute Gasteiger partial charge is 0.478 e. The molecule has 0 spiro atoms. The number of hydrogen-bond donors (Lipinski definition) is 1. The summed E-state index contributed by atoms with van der Waals surface area (Å²) in [6.45, 7) is 1.88. The number of rotatable bonds is 3. The highest BCUT2D eigenvalue weighted by Gasteiger charge is 2.15. The van der Waals surface area contributed by atoms with E-state index in [0.29, 0.717) is 16.6 Å². The summed E-state index contributed by atoms with van der Waals surface area (Å²) in [7, 11) is 0. The van der Waals surface area contributed by atoms with E-state index in [-0.39, 0.29) is 0 Å². The van der Waals surface area contributed by atoms with Crippen LogP contribution in [0.1, 0.15) is 13.3 Å². The van der Waals surface area contributed by atoms with Crippen LogP contribution in [0.15, 0.2) is 11.6 Å². The lowest BCUT2D eigenvalue weighted by molar-refractivity contribution is -0.132. The van der Waals surface area contributed by atoms with Crippen molar-refractivity contribution < 1.29 is 9.90 Å². The molecule has 0 bridgehead atoms. The van der Waals surface area contributed by atoms with Crippen molar-refractivity contribution in [2.45, 2.75) is 17.9 Å². The van der Waals surface area contributed by atoms with E-state index in [2.05, 4.69) is 0 Å². The molecule has 0 aliphatic carbocycles. The fourth-order valence-electron chi connectivity index (χ4n) is 0.978. The van der Waals surface area contributed by atoms with Gasteiger partial charge in [0, 0.05) is 17.1 Å².